The lowest BCUT2D eigenvalue weighted by molar-refractivity contribution is -0.127. The fraction of sp³-hybridized carbons (Fsp3) is 0.118. The Morgan fingerprint density at radius 2 is 2.04 bits per heavy atom. The maximum atomic E-state index is 11.9. The van der Waals surface area contributed by atoms with Gasteiger partial charge in [0.1, 0.15) is 5.75 Å². The van der Waals surface area contributed by atoms with Crippen molar-refractivity contribution < 1.29 is 19.7 Å². The lowest BCUT2D eigenvalue weighted by Crippen LogP contribution is -2.33. The van der Waals surface area contributed by atoms with Crippen molar-refractivity contribution in [2.45, 2.75) is 13.0 Å². The van der Waals surface area contributed by atoms with Crippen LogP contribution in [0.15, 0.2) is 41.5 Å². The van der Waals surface area contributed by atoms with Crippen LogP contribution in [0.1, 0.15) is 18.1 Å². The van der Waals surface area contributed by atoms with Gasteiger partial charge in [-0.25, -0.2) is 5.43 Å². The summed E-state index contributed by atoms with van der Waals surface area (Å²) in [5, 5.41) is 31.3. The molecule has 0 spiro atoms. The van der Waals surface area contributed by atoms with Gasteiger partial charge in [0.05, 0.1) is 22.9 Å². The second-order valence-electron chi connectivity index (χ2n) is 5.00. The summed E-state index contributed by atoms with van der Waals surface area (Å²) in [5.74, 6) is -0.860. The van der Waals surface area contributed by atoms with Gasteiger partial charge in [0.15, 0.2) is 17.6 Å². The summed E-state index contributed by atoms with van der Waals surface area (Å²) in [6.07, 6.45) is 0.444. The largest absolute Gasteiger partial charge is 0.504 e. The van der Waals surface area contributed by atoms with Crippen LogP contribution in [-0.2, 0) is 4.79 Å². The molecular formula is C17H14ClN3O4. The number of aromatic hydroxyl groups is 2. The summed E-state index contributed by atoms with van der Waals surface area (Å²) in [6.45, 7) is 1.55. The van der Waals surface area contributed by atoms with Gasteiger partial charge in [-0.1, -0.05) is 11.6 Å². The highest BCUT2D eigenvalue weighted by atomic mass is 35.5. The third-order valence-corrected chi connectivity index (χ3v) is 3.41. The van der Waals surface area contributed by atoms with Gasteiger partial charge in [-0.3, -0.25) is 4.79 Å². The van der Waals surface area contributed by atoms with Crippen LogP contribution in [0.4, 0.5) is 0 Å². The topological polar surface area (TPSA) is 115 Å². The van der Waals surface area contributed by atoms with E-state index >= 15 is 0 Å². The van der Waals surface area contributed by atoms with Gasteiger partial charge >= 0.3 is 0 Å². The Balaban J connectivity index is 1.93. The molecule has 0 bridgehead atoms. The normalized spacial score (nSPS) is 11.7. The van der Waals surface area contributed by atoms with Crippen LogP contribution >= 0.6 is 11.6 Å². The van der Waals surface area contributed by atoms with Crippen LogP contribution in [0.25, 0.3) is 0 Å². The SMILES string of the molecule is C[C@H](Oc1ccc(C#N)cc1)C(=O)N/N=C/c1cc(O)c(O)c(Cl)c1. The van der Waals surface area contributed by atoms with Crippen LogP contribution in [-0.4, -0.2) is 28.4 Å². The first-order valence-electron chi connectivity index (χ1n) is 7.12. The molecule has 2 rings (SSSR count). The molecular weight excluding hydrogens is 346 g/mol. The fourth-order valence-corrected chi connectivity index (χ4v) is 2.03. The van der Waals surface area contributed by atoms with Crippen LogP contribution in [0.5, 0.6) is 17.2 Å². The summed E-state index contributed by atoms with van der Waals surface area (Å²) in [6, 6.07) is 11.0. The van der Waals surface area contributed by atoms with Crippen molar-refractivity contribution >= 4 is 23.7 Å². The van der Waals surface area contributed by atoms with E-state index in [1.54, 1.807) is 31.2 Å². The zero-order chi connectivity index (χ0) is 18.4. The highest BCUT2D eigenvalue weighted by Crippen LogP contribution is 2.33. The predicted molar refractivity (Wildman–Crippen MR) is 91.8 cm³/mol. The Morgan fingerprint density at radius 1 is 1.36 bits per heavy atom. The number of hydrogen-bond donors (Lipinski definition) is 3. The number of halogens is 1. The summed E-state index contributed by atoms with van der Waals surface area (Å²) in [5.41, 5.74) is 3.17. The summed E-state index contributed by atoms with van der Waals surface area (Å²) in [4.78, 5) is 11.9. The molecule has 1 atom stereocenters. The summed E-state index contributed by atoms with van der Waals surface area (Å²) >= 11 is 5.72. The smallest absolute Gasteiger partial charge is 0.280 e. The molecule has 3 N–H and O–H groups in total. The highest BCUT2D eigenvalue weighted by Gasteiger charge is 2.14. The van der Waals surface area contributed by atoms with Crippen molar-refractivity contribution in [3.05, 3.63) is 52.5 Å². The van der Waals surface area contributed by atoms with E-state index in [9.17, 15) is 15.0 Å². The molecule has 2 aromatic rings. The van der Waals surface area contributed by atoms with E-state index in [1.165, 1.54) is 18.3 Å². The molecule has 25 heavy (non-hydrogen) atoms. The Morgan fingerprint density at radius 3 is 2.64 bits per heavy atom. The molecule has 0 radical (unpaired) electrons. The molecule has 2 aromatic carbocycles. The van der Waals surface area contributed by atoms with Crippen molar-refractivity contribution in [1.82, 2.24) is 5.43 Å². The number of hydrazone groups is 1. The van der Waals surface area contributed by atoms with Crippen molar-refractivity contribution in [2.24, 2.45) is 5.10 Å². The molecule has 0 saturated heterocycles. The van der Waals surface area contributed by atoms with E-state index in [1.807, 2.05) is 6.07 Å². The van der Waals surface area contributed by atoms with Crippen molar-refractivity contribution in [1.29, 1.82) is 5.26 Å². The molecule has 0 saturated carbocycles. The number of phenolic OH excluding ortho intramolecular Hbond substituents is 2. The van der Waals surface area contributed by atoms with Gasteiger partial charge in [0.2, 0.25) is 0 Å². The quantitative estimate of drug-likeness (QED) is 0.431. The summed E-state index contributed by atoms with van der Waals surface area (Å²) in [7, 11) is 0. The molecule has 7 nitrogen and oxygen atoms in total. The van der Waals surface area contributed by atoms with E-state index in [0.717, 1.165) is 0 Å². The first-order chi connectivity index (χ1) is 11.9. The monoisotopic (exact) mass is 359 g/mol. The van der Waals surface area contributed by atoms with E-state index in [-0.39, 0.29) is 5.02 Å². The maximum Gasteiger partial charge on any atom is 0.280 e. The second-order valence-corrected chi connectivity index (χ2v) is 5.41. The number of amides is 1. The number of carbonyl (C=O) groups excluding carboxylic acids is 1. The first kappa shape index (κ1) is 18.1. The number of nitrogens with zero attached hydrogens (tertiary/aromatic N) is 2. The number of nitrogens with one attached hydrogen (secondary N) is 1. The van der Waals surface area contributed by atoms with Gasteiger partial charge in [0.25, 0.3) is 5.91 Å². The fourth-order valence-electron chi connectivity index (χ4n) is 1.81. The van der Waals surface area contributed by atoms with Crippen LogP contribution in [0.2, 0.25) is 5.02 Å². The molecule has 128 valence electrons. The molecule has 0 fully saturated rings. The van der Waals surface area contributed by atoms with Crippen LogP contribution in [0, 0.1) is 11.3 Å². The highest BCUT2D eigenvalue weighted by molar-refractivity contribution is 6.32. The number of phenols is 2. The molecule has 0 aliphatic carbocycles. The van der Waals surface area contributed by atoms with E-state index in [4.69, 9.17) is 21.6 Å². The molecule has 0 heterocycles. The molecule has 0 aliphatic heterocycles. The third-order valence-electron chi connectivity index (χ3n) is 3.12. The zero-order valence-corrected chi connectivity index (χ0v) is 13.9. The van der Waals surface area contributed by atoms with Crippen LogP contribution < -0.4 is 10.2 Å². The molecule has 1 amide bonds. The Labute approximate surface area is 148 Å². The molecule has 8 heteroatoms. The number of nitriles is 1. The standard InChI is InChI=1S/C17H14ClN3O4/c1-10(25-13-4-2-11(8-19)3-5-13)17(24)21-20-9-12-6-14(18)16(23)15(22)7-12/h2-7,9-10,22-23H,1H3,(H,21,24)/b20-9+/t10-/m0/s1. The van der Waals surface area contributed by atoms with Gasteiger partial charge in [-0.15, -0.1) is 0 Å². The van der Waals surface area contributed by atoms with Gasteiger partial charge in [0, 0.05) is 0 Å². The predicted octanol–water partition coefficient (Wildman–Crippen LogP) is 2.54. The van der Waals surface area contributed by atoms with E-state index in [0.29, 0.717) is 16.9 Å². The third kappa shape index (κ3) is 4.86. The average molecular weight is 360 g/mol. The maximum absolute atomic E-state index is 11.9. The number of hydrogen-bond acceptors (Lipinski definition) is 6. The van der Waals surface area contributed by atoms with Crippen molar-refractivity contribution in [3.63, 3.8) is 0 Å². The minimum atomic E-state index is -0.818. The summed E-state index contributed by atoms with van der Waals surface area (Å²) < 4.78 is 5.44. The van der Waals surface area contributed by atoms with Crippen molar-refractivity contribution in [2.75, 3.05) is 0 Å². The lowest BCUT2D eigenvalue weighted by atomic mass is 10.2. The van der Waals surface area contributed by atoms with Gasteiger partial charge < -0.3 is 14.9 Å². The number of benzene rings is 2. The minimum Gasteiger partial charge on any atom is -0.504 e. The molecule has 0 aliphatic rings. The molecule has 0 aromatic heterocycles. The van der Waals surface area contributed by atoms with Gasteiger partial charge in [-0.2, -0.15) is 10.4 Å². The zero-order valence-electron chi connectivity index (χ0n) is 13.1. The Hall–Kier alpha value is -3.24. The Kier molecular flexibility index (Phi) is 5.82. The lowest BCUT2D eigenvalue weighted by Gasteiger charge is -2.12. The number of rotatable bonds is 5. The molecule has 0 unspecified atom stereocenters. The van der Waals surface area contributed by atoms with Crippen LogP contribution in [0.3, 0.4) is 0 Å². The minimum absolute atomic E-state index is 0.0368. The average Bonchev–Trinajstić information content (AvgIpc) is 2.60. The van der Waals surface area contributed by atoms with E-state index < -0.39 is 23.5 Å². The van der Waals surface area contributed by atoms with Gasteiger partial charge in [-0.05, 0) is 48.9 Å². The van der Waals surface area contributed by atoms with E-state index in [2.05, 4.69) is 10.5 Å². The second kappa shape index (κ2) is 8.04. The number of carbonyl (C=O) groups is 1. The van der Waals surface area contributed by atoms with Crippen molar-refractivity contribution in [3.8, 4) is 23.3 Å². The first-order valence-corrected chi connectivity index (χ1v) is 7.49. The number of ether oxygens (including phenoxy) is 1. The Bertz CT molecular complexity index is 821.